The van der Waals surface area contributed by atoms with Crippen molar-refractivity contribution < 1.29 is 8.42 Å². The molecular weight excluding hydrogens is 272 g/mol. The van der Waals surface area contributed by atoms with Crippen LogP contribution in [0.3, 0.4) is 0 Å². The highest BCUT2D eigenvalue weighted by molar-refractivity contribution is 7.90. The molecule has 0 spiro atoms. The molecule has 1 aliphatic heterocycles. The number of para-hydroxylation sites is 2. The lowest BCUT2D eigenvalue weighted by molar-refractivity contribution is 0.583. The molecule has 0 saturated carbocycles. The van der Waals surface area contributed by atoms with Crippen molar-refractivity contribution in [2.75, 3.05) is 41.9 Å². The van der Waals surface area contributed by atoms with Crippen LogP contribution >= 0.6 is 0 Å². The number of anilines is 2. The third-order valence-electron chi connectivity index (χ3n) is 3.93. The van der Waals surface area contributed by atoms with Gasteiger partial charge in [0.1, 0.15) is 9.84 Å². The van der Waals surface area contributed by atoms with Crippen molar-refractivity contribution in [3.05, 3.63) is 24.3 Å². The molecule has 0 fully saturated rings. The van der Waals surface area contributed by atoms with Crippen molar-refractivity contribution in [1.29, 1.82) is 0 Å². The summed E-state index contributed by atoms with van der Waals surface area (Å²) in [5.74, 6) is 0.258. The molecule has 20 heavy (non-hydrogen) atoms. The Bertz CT molecular complexity index is 557. The van der Waals surface area contributed by atoms with Crippen LogP contribution in [0.25, 0.3) is 0 Å². The van der Waals surface area contributed by atoms with Crippen LogP contribution in [0, 0.1) is 0 Å². The van der Waals surface area contributed by atoms with E-state index >= 15 is 0 Å². The Morgan fingerprint density at radius 2 is 1.90 bits per heavy atom. The summed E-state index contributed by atoms with van der Waals surface area (Å²) in [5.41, 5.74) is 2.45. The average molecular weight is 296 g/mol. The van der Waals surface area contributed by atoms with Crippen LogP contribution in [0.15, 0.2) is 24.3 Å². The first-order valence-electron chi connectivity index (χ1n) is 7.13. The maximum atomic E-state index is 11.3. The van der Waals surface area contributed by atoms with E-state index in [-0.39, 0.29) is 5.75 Å². The second kappa shape index (κ2) is 6.04. The number of fused-ring (bicyclic) bond motifs is 1. The number of sulfone groups is 1. The molecule has 1 heterocycles. The fraction of sp³-hybridized carbons (Fsp3) is 0.600. The second-order valence-corrected chi connectivity index (χ2v) is 7.98. The lowest BCUT2D eigenvalue weighted by atomic mass is 10.1. The molecule has 0 aliphatic carbocycles. The SMILES string of the molecule is CC1CCN(C)c2ccccc2N1CCCS(C)(=O)=O. The largest absolute Gasteiger partial charge is 0.373 e. The number of rotatable bonds is 4. The van der Waals surface area contributed by atoms with Crippen molar-refractivity contribution in [3.8, 4) is 0 Å². The van der Waals surface area contributed by atoms with E-state index in [2.05, 4.69) is 42.0 Å². The van der Waals surface area contributed by atoms with Crippen LogP contribution < -0.4 is 9.80 Å². The lowest BCUT2D eigenvalue weighted by Crippen LogP contribution is -2.34. The van der Waals surface area contributed by atoms with Gasteiger partial charge < -0.3 is 9.80 Å². The molecular formula is C15H24N2O2S. The molecule has 0 aromatic heterocycles. The minimum Gasteiger partial charge on any atom is -0.373 e. The lowest BCUT2D eigenvalue weighted by Gasteiger charge is -2.30. The first kappa shape index (κ1) is 15.2. The molecule has 2 rings (SSSR count). The normalized spacial score (nSPS) is 19.6. The maximum absolute atomic E-state index is 11.3. The zero-order chi connectivity index (χ0) is 14.8. The number of benzene rings is 1. The third kappa shape index (κ3) is 3.66. The fourth-order valence-electron chi connectivity index (χ4n) is 2.76. The predicted molar refractivity (Wildman–Crippen MR) is 85.5 cm³/mol. The van der Waals surface area contributed by atoms with Crippen LogP contribution in [-0.4, -0.2) is 46.6 Å². The van der Waals surface area contributed by atoms with Gasteiger partial charge in [-0.3, -0.25) is 0 Å². The van der Waals surface area contributed by atoms with E-state index in [1.54, 1.807) is 0 Å². The second-order valence-electron chi connectivity index (χ2n) is 5.72. The monoisotopic (exact) mass is 296 g/mol. The molecule has 1 unspecified atom stereocenters. The first-order chi connectivity index (χ1) is 9.38. The summed E-state index contributed by atoms with van der Waals surface area (Å²) in [5, 5.41) is 0. The van der Waals surface area contributed by atoms with Gasteiger partial charge in [-0.25, -0.2) is 8.42 Å². The van der Waals surface area contributed by atoms with Gasteiger partial charge in [0.15, 0.2) is 0 Å². The molecule has 4 nitrogen and oxygen atoms in total. The Labute approximate surface area is 122 Å². The van der Waals surface area contributed by atoms with Crippen molar-refractivity contribution in [2.24, 2.45) is 0 Å². The molecule has 112 valence electrons. The zero-order valence-corrected chi connectivity index (χ0v) is 13.4. The highest BCUT2D eigenvalue weighted by atomic mass is 32.2. The van der Waals surface area contributed by atoms with Gasteiger partial charge in [-0.05, 0) is 31.9 Å². The van der Waals surface area contributed by atoms with E-state index in [0.29, 0.717) is 12.5 Å². The predicted octanol–water partition coefficient (Wildman–Crippen LogP) is 2.16. The van der Waals surface area contributed by atoms with Gasteiger partial charge >= 0.3 is 0 Å². The van der Waals surface area contributed by atoms with Gasteiger partial charge in [-0.2, -0.15) is 0 Å². The molecule has 5 heteroatoms. The van der Waals surface area contributed by atoms with Crippen LogP contribution in [0.2, 0.25) is 0 Å². The van der Waals surface area contributed by atoms with Gasteiger partial charge in [0.2, 0.25) is 0 Å². The minimum absolute atomic E-state index is 0.258. The van der Waals surface area contributed by atoms with E-state index in [4.69, 9.17) is 0 Å². The van der Waals surface area contributed by atoms with Crippen LogP contribution in [-0.2, 0) is 9.84 Å². The smallest absolute Gasteiger partial charge is 0.147 e. The Morgan fingerprint density at radius 1 is 1.25 bits per heavy atom. The maximum Gasteiger partial charge on any atom is 0.147 e. The topological polar surface area (TPSA) is 40.6 Å². The standard InChI is InChI=1S/C15H24N2O2S/c1-13-9-11-16(2)14-7-4-5-8-15(14)17(13)10-6-12-20(3,18)19/h4-5,7-8,13H,6,9-12H2,1-3H3. The third-order valence-corrected chi connectivity index (χ3v) is 4.96. The molecule has 1 aromatic carbocycles. The molecule has 0 radical (unpaired) electrons. The molecule has 0 amide bonds. The summed E-state index contributed by atoms with van der Waals surface area (Å²) in [6.45, 7) is 4.04. The van der Waals surface area contributed by atoms with Crippen molar-refractivity contribution in [1.82, 2.24) is 0 Å². The number of hydrogen-bond acceptors (Lipinski definition) is 4. The van der Waals surface area contributed by atoms with Crippen molar-refractivity contribution >= 4 is 21.2 Å². The van der Waals surface area contributed by atoms with E-state index in [0.717, 1.165) is 19.5 Å². The van der Waals surface area contributed by atoms with Gasteiger partial charge in [-0.1, -0.05) is 12.1 Å². The Balaban J connectivity index is 2.19. The van der Waals surface area contributed by atoms with E-state index in [1.807, 2.05) is 6.07 Å². The zero-order valence-electron chi connectivity index (χ0n) is 12.5. The molecule has 0 saturated heterocycles. The van der Waals surface area contributed by atoms with Gasteiger partial charge in [0.05, 0.1) is 17.1 Å². The van der Waals surface area contributed by atoms with Crippen molar-refractivity contribution in [2.45, 2.75) is 25.8 Å². The summed E-state index contributed by atoms with van der Waals surface area (Å²) < 4.78 is 22.6. The molecule has 1 aliphatic rings. The minimum atomic E-state index is -2.88. The summed E-state index contributed by atoms with van der Waals surface area (Å²) >= 11 is 0. The summed E-state index contributed by atoms with van der Waals surface area (Å²) in [6.07, 6.45) is 3.08. The van der Waals surface area contributed by atoms with E-state index in [1.165, 1.54) is 17.6 Å². The summed E-state index contributed by atoms with van der Waals surface area (Å²) in [7, 11) is -0.760. The van der Waals surface area contributed by atoms with Crippen molar-refractivity contribution in [3.63, 3.8) is 0 Å². The quantitative estimate of drug-likeness (QED) is 0.854. The van der Waals surface area contributed by atoms with Crippen LogP contribution in [0.4, 0.5) is 11.4 Å². The summed E-state index contributed by atoms with van der Waals surface area (Å²) in [4.78, 5) is 4.63. The Hall–Kier alpha value is -1.23. The average Bonchev–Trinajstić information content (AvgIpc) is 2.50. The Kier molecular flexibility index (Phi) is 4.58. The number of nitrogens with zero attached hydrogens (tertiary/aromatic N) is 2. The van der Waals surface area contributed by atoms with Gasteiger partial charge in [0.25, 0.3) is 0 Å². The highest BCUT2D eigenvalue weighted by Gasteiger charge is 2.23. The van der Waals surface area contributed by atoms with Crippen LogP contribution in [0.1, 0.15) is 19.8 Å². The molecule has 0 bridgehead atoms. The molecule has 0 N–H and O–H groups in total. The van der Waals surface area contributed by atoms with Crippen LogP contribution in [0.5, 0.6) is 0 Å². The van der Waals surface area contributed by atoms with E-state index < -0.39 is 9.84 Å². The molecule has 1 aromatic rings. The van der Waals surface area contributed by atoms with Gasteiger partial charge in [-0.15, -0.1) is 0 Å². The number of hydrogen-bond donors (Lipinski definition) is 0. The highest BCUT2D eigenvalue weighted by Crippen LogP contribution is 2.33. The fourth-order valence-corrected chi connectivity index (χ4v) is 3.42. The summed E-state index contributed by atoms with van der Waals surface area (Å²) in [6, 6.07) is 8.81. The molecule has 1 atom stereocenters. The van der Waals surface area contributed by atoms with E-state index in [9.17, 15) is 8.42 Å². The first-order valence-corrected chi connectivity index (χ1v) is 9.19. The Morgan fingerprint density at radius 3 is 2.55 bits per heavy atom. The van der Waals surface area contributed by atoms with Gasteiger partial charge in [0, 0.05) is 32.4 Å².